The summed E-state index contributed by atoms with van der Waals surface area (Å²) in [6.07, 6.45) is 1.69. The third-order valence-electron chi connectivity index (χ3n) is 5.63. The van der Waals surface area contributed by atoms with Gasteiger partial charge in [-0.2, -0.15) is 9.57 Å². The number of carbonyl (C=O) groups excluding carboxylic acids is 1. The minimum Gasteiger partial charge on any atom is -0.333 e. The zero-order valence-electron chi connectivity index (χ0n) is 17.7. The van der Waals surface area contributed by atoms with Gasteiger partial charge in [-0.3, -0.25) is 9.78 Å². The summed E-state index contributed by atoms with van der Waals surface area (Å²) in [6, 6.07) is 15.5. The monoisotopic (exact) mass is 470 g/mol. The van der Waals surface area contributed by atoms with Gasteiger partial charge in [0.1, 0.15) is 0 Å². The average molecular weight is 471 g/mol. The van der Waals surface area contributed by atoms with E-state index in [0.29, 0.717) is 23.2 Å². The summed E-state index contributed by atoms with van der Waals surface area (Å²) in [5.74, 6) is -0.133. The normalized spacial score (nSPS) is 16.9. The first-order chi connectivity index (χ1) is 14.8. The van der Waals surface area contributed by atoms with Gasteiger partial charge >= 0.3 is 0 Å². The molecule has 0 bridgehead atoms. The van der Waals surface area contributed by atoms with Crippen LogP contribution >= 0.6 is 12.4 Å². The number of rotatable bonds is 3. The van der Waals surface area contributed by atoms with Crippen LogP contribution in [0.3, 0.4) is 0 Å². The summed E-state index contributed by atoms with van der Waals surface area (Å²) in [7, 11) is -3.72. The van der Waals surface area contributed by atoms with Crippen molar-refractivity contribution in [2.75, 3.05) is 19.6 Å². The highest BCUT2D eigenvalue weighted by Gasteiger charge is 2.35. The maximum absolute atomic E-state index is 13.2. The minimum absolute atomic E-state index is 0. The molecule has 0 radical (unpaired) electrons. The number of amides is 1. The van der Waals surface area contributed by atoms with Gasteiger partial charge in [-0.15, -0.1) is 12.4 Å². The van der Waals surface area contributed by atoms with Gasteiger partial charge in [0.25, 0.3) is 5.91 Å². The Morgan fingerprint density at radius 3 is 2.62 bits per heavy atom. The Morgan fingerprint density at radius 2 is 1.94 bits per heavy atom. The fourth-order valence-corrected chi connectivity index (χ4v) is 5.67. The van der Waals surface area contributed by atoms with E-state index < -0.39 is 10.0 Å². The lowest BCUT2D eigenvalue weighted by Gasteiger charge is -2.39. The number of aryl methyl sites for hydroxylation is 1. The van der Waals surface area contributed by atoms with E-state index >= 15 is 0 Å². The molecular weight excluding hydrogens is 448 g/mol. The number of sulfonamides is 1. The summed E-state index contributed by atoms with van der Waals surface area (Å²) in [5, 5.41) is 9.98. The summed E-state index contributed by atoms with van der Waals surface area (Å²) < 4.78 is 27.8. The molecule has 1 saturated heterocycles. The average Bonchev–Trinajstić information content (AvgIpc) is 2.77. The van der Waals surface area contributed by atoms with Crippen molar-refractivity contribution in [3.05, 3.63) is 71.4 Å². The lowest BCUT2D eigenvalue weighted by molar-refractivity contribution is 0.0591. The number of aromatic nitrogens is 1. The third kappa shape index (κ3) is 4.32. The smallest absolute Gasteiger partial charge is 0.254 e. The third-order valence-corrected chi connectivity index (χ3v) is 7.65. The molecule has 2 aromatic carbocycles. The Kier molecular flexibility index (Phi) is 6.84. The summed E-state index contributed by atoms with van der Waals surface area (Å²) >= 11 is 0. The molecule has 0 aliphatic carbocycles. The van der Waals surface area contributed by atoms with Gasteiger partial charge in [0.15, 0.2) is 0 Å². The lowest BCUT2D eigenvalue weighted by Crippen LogP contribution is -2.55. The molecule has 1 aromatic heterocycles. The molecule has 1 atom stereocenters. The van der Waals surface area contributed by atoms with E-state index in [4.69, 9.17) is 5.26 Å². The van der Waals surface area contributed by atoms with Gasteiger partial charge in [0, 0.05) is 42.8 Å². The number of hydrogen-bond donors (Lipinski definition) is 0. The van der Waals surface area contributed by atoms with Gasteiger partial charge in [0.2, 0.25) is 10.0 Å². The predicted molar refractivity (Wildman–Crippen MR) is 124 cm³/mol. The van der Waals surface area contributed by atoms with Crippen LogP contribution in [-0.2, 0) is 10.0 Å². The second-order valence-corrected chi connectivity index (χ2v) is 9.62. The van der Waals surface area contributed by atoms with Crippen LogP contribution in [0.4, 0.5) is 0 Å². The Morgan fingerprint density at radius 1 is 1.16 bits per heavy atom. The molecule has 0 saturated carbocycles. The van der Waals surface area contributed by atoms with E-state index in [1.165, 1.54) is 16.4 Å². The SMILES string of the molecule is Cc1cc(C#N)ccc1S(=O)(=O)N1CCN(C(=O)c2ccc3cccnc3c2)[C@@H](C)C1.Cl. The summed E-state index contributed by atoms with van der Waals surface area (Å²) in [4.78, 5) is 19.3. The van der Waals surface area contributed by atoms with Crippen molar-refractivity contribution in [3.63, 3.8) is 0 Å². The van der Waals surface area contributed by atoms with Crippen LogP contribution in [0.15, 0.2) is 59.6 Å². The van der Waals surface area contributed by atoms with Crippen molar-refractivity contribution < 1.29 is 13.2 Å². The Labute approximate surface area is 193 Å². The minimum atomic E-state index is -3.72. The largest absolute Gasteiger partial charge is 0.333 e. The Balaban J connectivity index is 0.00000289. The number of benzene rings is 2. The molecule has 0 spiro atoms. The van der Waals surface area contributed by atoms with Crippen molar-refractivity contribution in [2.45, 2.75) is 24.8 Å². The molecule has 2 heterocycles. The number of halogens is 1. The van der Waals surface area contributed by atoms with E-state index in [2.05, 4.69) is 4.98 Å². The fourth-order valence-electron chi connectivity index (χ4n) is 3.96. The zero-order chi connectivity index (χ0) is 22.2. The molecule has 0 unspecified atom stereocenters. The van der Waals surface area contributed by atoms with Gasteiger partial charge in [-0.25, -0.2) is 8.42 Å². The van der Waals surface area contributed by atoms with Crippen molar-refractivity contribution in [2.24, 2.45) is 0 Å². The van der Waals surface area contributed by atoms with E-state index in [9.17, 15) is 13.2 Å². The molecule has 4 rings (SSSR count). The fraction of sp³-hybridized carbons (Fsp3) is 0.261. The molecule has 9 heteroatoms. The van der Waals surface area contributed by atoms with Crippen LogP contribution in [0, 0.1) is 18.3 Å². The van der Waals surface area contributed by atoms with E-state index in [1.54, 1.807) is 36.2 Å². The summed E-state index contributed by atoms with van der Waals surface area (Å²) in [5.41, 5.74) is 2.25. The quantitative estimate of drug-likeness (QED) is 0.585. The first kappa shape index (κ1) is 23.7. The maximum Gasteiger partial charge on any atom is 0.254 e. The topological polar surface area (TPSA) is 94.4 Å². The first-order valence-corrected chi connectivity index (χ1v) is 11.4. The molecule has 1 fully saturated rings. The molecule has 7 nitrogen and oxygen atoms in total. The number of piperazine rings is 1. The standard InChI is InChI=1S/C23H22N4O3S.ClH/c1-16-12-18(14-24)5-8-22(16)31(29,30)26-10-11-27(17(2)15-26)23(28)20-7-6-19-4-3-9-25-21(19)13-20;/h3-9,12-13,17H,10-11,15H2,1-2H3;1H/t17-;/m0./s1. The Hall–Kier alpha value is -2.99. The van der Waals surface area contributed by atoms with Crippen LogP contribution in [0.5, 0.6) is 0 Å². The molecule has 1 aliphatic heterocycles. The highest BCUT2D eigenvalue weighted by molar-refractivity contribution is 7.89. The highest BCUT2D eigenvalue weighted by Crippen LogP contribution is 2.25. The molecule has 3 aromatic rings. The number of fused-ring (bicyclic) bond motifs is 1. The predicted octanol–water partition coefficient (Wildman–Crippen LogP) is 3.37. The number of hydrogen-bond acceptors (Lipinski definition) is 5. The van der Waals surface area contributed by atoms with E-state index in [0.717, 1.165) is 10.9 Å². The Bertz CT molecular complexity index is 1320. The van der Waals surface area contributed by atoms with Crippen LogP contribution in [0.1, 0.15) is 28.4 Å². The molecular formula is C23H23ClN4O3S. The maximum atomic E-state index is 13.2. The summed E-state index contributed by atoms with van der Waals surface area (Å²) in [6.45, 7) is 4.26. The number of pyridine rings is 1. The van der Waals surface area contributed by atoms with Gasteiger partial charge < -0.3 is 4.90 Å². The molecule has 1 aliphatic rings. The number of nitriles is 1. The first-order valence-electron chi connectivity index (χ1n) is 9.98. The van der Waals surface area contributed by atoms with Crippen molar-refractivity contribution in [1.82, 2.24) is 14.2 Å². The van der Waals surface area contributed by atoms with Crippen LogP contribution in [-0.4, -0.2) is 54.2 Å². The molecule has 166 valence electrons. The number of nitrogens with zero attached hydrogens (tertiary/aromatic N) is 4. The van der Waals surface area contributed by atoms with Gasteiger partial charge in [-0.1, -0.05) is 12.1 Å². The van der Waals surface area contributed by atoms with E-state index in [1.807, 2.05) is 31.2 Å². The van der Waals surface area contributed by atoms with Crippen molar-refractivity contribution >= 4 is 39.2 Å². The van der Waals surface area contributed by atoms with Gasteiger partial charge in [-0.05, 0) is 55.8 Å². The highest BCUT2D eigenvalue weighted by atomic mass is 35.5. The van der Waals surface area contributed by atoms with Gasteiger partial charge in [0.05, 0.1) is 22.0 Å². The second-order valence-electron chi connectivity index (χ2n) is 7.71. The van der Waals surface area contributed by atoms with Crippen molar-refractivity contribution in [1.29, 1.82) is 5.26 Å². The zero-order valence-corrected chi connectivity index (χ0v) is 19.4. The molecule has 0 N–H and O–H groups in total. The number of carbonyl (C=O) groups is 1. The van der Waals surface area contributed by atoms with Crippen molar-refractivity contribution in [3.8, 4) is 6.07 Å². The molecule has 32 heavy (non-hydrogen) atoms. The van der Waals surface area contributed by atoms with Crippen LogP contribution in [0.25, 0.3) is 10.9 Å². The molecule has 1 amide bonds. The van der Waals surface area contributed by atoms with Crippen LogP contribution < -0.4 is 0 Å². The lowest BCUT2D eigenvalue weighted by atomic mass is 10.1. The van der Waals surface area contributed by atoms with E-state index in [-0.39, 0.29) is 42.3 Å². The second kappa shape index (κ2) is 9.25. The van der Waals surface area contributed by atoms with Crippen LogP contribution in [0.2, 0.25) is 0 Å².